The Morgan fingerprint density at radius 1 is 1.43 bits per heavy atom. The SMILES string of the molecule is Cc1c(C(=O)NCCC(O)C(C)C)cnn1-c1cccc(Cl)c1. The van der Waals surface area contributed by atoms with E-state index in [1.165, 1.54) is 0 Å². The van der Waals surface area contributed by atoms with Crippen molar-refractivity contribution >= 4 is 17.5 Å². The Kier molecular flexibility index (Phi) is 5.80. The molecule has 1 amide bonds. The molecule has 1 aromatic heterocycles. The van der Waals surface area contributed by atoms with E-state index in [2.05, 4.69) is 10.4 Å². The molecule has 1 heterocycles. The second-order valence-electron chi connectivity index (χ2n) is 5.89. The first-order chi connectivity index (χ1) is 10.9. The second-order valence-corrected chi connectivity index (χ2v) is 6.33. The Balaban J connectivity index is 2.05. The molecule has 0 aliphatic heterocycles. The van der Waals surface area contributed by atoms with Crippen LogP contribution in [0, 0.1) is 12.8 Å². The first-order valence-electron chi connectivity index (χ1n) is 7.67. The fourth-order valence-corrected chi connectivity index (χ4v) is 2.45. The number of hydrogen-bond donors (Lipinski definition) is 2. The summed E-state index contributed by atoms with van der Waals surface area (Å²) in [6.07, 6.45) is 1.67. The standard InChI is InChI=1S/C17H22ClN3O2/c1-11(2)16(22)7-8-19-17(23)15-10-20-21(12(15)3)14-6-4-5-13(18)9-14/h4-6,9-11,16,22H,7-8H2,1-3H3,(H,19,23). The monoisotopic (exact) mass is 335 g/mol. The van der Waals surface area contributed by atoms with Gasteiger partial charge in [0.25, 0.3) is 5.91 Å². The van der Waals surface area contributed by atoms with Crippen molar-refractivity contribution in [3.8, 4) is 5.69 Å². The first kappa shape index (κ1) is 17.5. The number of nitrogens with zero attached hydrogens (tertiary/aromatic N) is 2. The number of hydrogen-bond acceptors (Lipinski definition) is 3. The summed E-state index contributed by atoms with van der Waals surface area (Å²) in [6.45, 7) is 6.17. The zero-order valence-electron chi connectivity index (χ0n) is 13.6. The number of rotatable bonds is 6. The van der Waals surface area contributed by atoms with E-state index in [1.54, 1.807) is 23.0 Å². The Morgan fingerprint density at radius 2 is 2.17 bits per heavy atom. The molecule has 124 valence electrons. The topological polar surface area (TPSA) is 67.2 Å². The zero-order chi connectivity index (χ0) is 17.0. The average Bonchev–Trinajstić information content (AvgIpc) is 2.88. The number of benzene rings is 1. The summed E-state index contributed by atoms with van der Waals surface area (Å²) in [4.78, 5) is 12.3. The van der Waals surface area contributed by atoms with Gasteiger partial charge in [0.2, 0.25) is 0 Å². The van der Waals surface area contributed by atoms with E-state index in [0.29, 0.717) is 23.6 Å². The highest BCUT2D eigenvalue weighted by Gasteiger charge is 2.16. The molecule has 0 aliphatic rings. The van der Waals surface area contributed by atoms with Crippen LogP contribution >= 0.6 is 11.6 Å². The Morgan fingerprint density at radius 3 is 2.83 bits per heavy atom. The van der Waals surface area contributed by atoms with Gasteiger partial charge in [-0.1, -0.05) is 31.5 Å². The number of carbonyl (C=O) groups is 1. The third kappa shape index (κ3) is 4.33. The van der Waals surface area contributed by atoms with Crippen molar-refractivity contribution in [2.75, 3.05) is 6.54 Å². The minimum absolute atomic E-state index is 0.180. The molecule has 0 spiro atoms. The van der Waals surface area contributed by atoms with Gasteiger partial charge in [-0.2, -0.15) is 5.10 Å². The van der Waals surface area contributed by atoms with Gasteiger partial charge in [-0.15, -0.1) is 0 Å². The molecule has 2 rings (SSSR count). The molecule has 1 atom stereocenters. The maximum atomic E-state index is 12.3. The van der Waals surface area contributed by atoms with Crippen LogP contribution in [0.1, 0.15) is 36.3 Å². The van der Waals surface area contributed by atoms with Gasteiger partial charge in [-0.25, -0.2) is 4.68 Å². The minimum atomic E-state index is -0.411. The predicted octanol–water partition coefficient (Wildman–Crippen LogP) is 2.97. The van der Waals surface area contributed by atoms with Crippen LogP contribution in [-0.4, -0.2) is 33.4 Å². The number of aromatic nitrogens is 2. The average molecular weight is 336 g/mol. The molecule has 2 N–H and O–H groups in total. The van der Waals surface area contributed by atoms with E-state index >= 15 is 0 Å². The van der Waals surface area contributed by atoms with Crippen LogP contribution in [0.4, 0.5) is 0 Å². The van der Waals surface area contributed by atoms with E-state index in [9.17, 15) is 9.90 Å². The summed E-state index contributed by atoms with van der Waals surface area (Å²) >= 11 is 6.00. The van der Waals surface area contributed by atoms with Gasteiger partial charge >= 0.3 is 0 Å². The fraction of sp³-hybridized carbons (Fsp3) is 0.412. The quantitative estimate of drug-likeness (QED) is 0.852. The molecule has 0 fully saturated rings. The van der Waals surface area contributed by atoms with E-state index in [-0.39, 0.29) is 11.8 Å². The largest absolute Gasteiger partial charge is 0.393 e. The first-order valence-corrected chi connectivity index (χ1v) is 8.04. The number of nitrogens with one attached hydrogen (secondary N) is 1. The summed E-state index contributed by atoms with van der Waals surface area (Å²) in [7, 11) is 0. The van der Waals surface area contributed by atoms with Gasteiger partial charge in [0.1, 0.15) is 0 Å². The second kappa shape index (κ2) is 7.62. The summed E-state index contributed by atoms with van der Waals surface area (Å²) in [5, 5.41) is 17.5. The molecule has 5 nitrogen and oxygen atoms in total. The lowest BCUT2D eigenvalue weighted by Crippen LogP contribution is -2.29. The van der Waals surface area contributed by atoms with Gasteiger partial charge in [-0.3, -0.25) is 4.79 Å². The van der Waals surface area contributed by atoms with Crippen LogP contribution in [-0.2, 0) is 0 Å². The number of carbonyl (C=O) groups excluding carboxylic acids is 1. The van der Waals surface area contributed by atoms with Gasteiger partial charge in [0.05, 0.1) is 29.2 Å². The van der Waals surface area contributed by atoms with E-state index in [0.717, 1.165) is 11.4 Å². The van der Waals surface area contributed by atoms with Gasteiger partial charge in [0.15, 0.2) is 0 Å². The number of amides is 1. The van der Waals surface area contributed by atoms with Crippen LogP contribution in [0.2, 0.25) is 5.02 Å². The zero-order valence-corrected chi connectivity index (χ0v) is 14.3. The molecular formula is C17H22ClN3O2. The molecule has 0 radical (unpaired) electrons. The highest BCUT2D eigenvalue weighted by atomic mass is 35.5. The molecule has 0 saturated heterocycles. The Labute approximate surface area is 141 Å². The number of halogens is 1. The molecule has 6 heteroatoms. The van der Waals surface area contributed by atoms with Gasteiger partial charge < -0.3 is 10.4 Å². The number of aliphatic hydroxyl groups excluding tert-OH is 1. The van der Waals surface area contributed by atoms with Crippen molar-refractivity contribution in [1.82, 2.24) is 15.1 Å². The molecule has 1 aromatic carbocycles. The molecule has 1 unspecified atom stereocenters. The third-order valence-corrected chi connectivity index (χ3v) is 4.04. The molecule has 0 saturated carbocycles. The molecular weight excluding hydrogens is 314 g/mol. The number of aliphatic hydroxyl groups is 1. The van der Waals surface area contributed by atoms with E-state index < -0.39 is 6.10 Å². The smallest absolute Gasteiger partial charge is 0.254 e. The molecule has 23 heavy (non-hydrogen) atoms. The summed E-state index contributed by atoms with van der Waals surface area (Å²) in [5.74, 6) is -0.00838. The highest BCUT2D eigenvalue weighted by molar-refractivity contribution is 6.30. The highest BCUT2D eigenvalue weighted by Crippen LogP contribution is 2.18. The lowest BCUT2D eigenvalue weighted by atomic mass is 10.0. The molecule has 0 bridgehead atoms. The van der Waals surface area contributed by atoms with Crippen molar-refractivity contribution in [2.45, 2.75) is 33.3 Å². The summed E-state index contributed by atoms with van der Waals surface area (Å²) in [6, 6.07) is 7.30. The predicted molar refractivity (Wildman–Crippen MR) is 91.1 cm³/mol. The lowest BCUT2D eigenvalue weighted by Gasteiger charge is -2.14. The van der Waals surface area contributed by atoms with Crippen molar-refractivity contribution < 1.29 is 9.90 Å². The van der Waals surface area contributed by atoms with E-state index in [1.807, 2.05) is 32.9 Å². The van der Waals surface area contributed by atoms with Crippen molar-refractivity contribution in [3.05, 3.63) is 46.7 Å². The van der Waals surface area contributed by atoms with Gasteiger partial charge in [-0.05, 0) is 37.5 Å². The van der Waals surface area contributed by atoms with Crippen LogP contribution in [0.15, 0.2) is 30.5 Å². The third-order valence-electron chi connectivity index (χ3n) is 3.80. The summed E-state index contributed by atoms with van der Waals surface area (Å²) in [5.41, 5.74) is 2.07. The van der Waals surface area contributed by atoms with Crippen LogP contribution < -0.4 is 5.32 Å². The maximum absolute atomic E-state index is 12.3. The maximum Gasteiger partial charge on any atom is 0.254 e. The van der Waals surface area contributed by atoms with Crippen molar-refractivity contribution in [1.29, 1.82) is 0 Å². The molecule has 0 aliphatic carbocycles. The lowest BCUT2D eigenvalue weighted by molar-refractivity contribution is 0.0919. The van der Waals surface area contributed by atoms with E-state index in [4.69, 9.17) is 11.6 Å². The van der Waals surface area contributed by atoms with Crippen molar-refractivity contribution in [2.24, 2.45) is 5.92 Å². The normalized spacial score (nSPS) is 12.4. The fourth-order valence-electron chi connectivity index (χ4n) is 2.26. The van der Waals surface area contributed by atoms with Gasteiger partial charge in [0, 0.05) is 11.6 Å². The van der Waals surface area contributed by atoms with Crippen LogP contribution in [0.5, 0.6) is 0 Å². The van der Waals surface area contributed by atoms with Crippen LogP contribution in [0.3, 0.4) is 0 Å². The Bertz CT molecular complexity index is 682. The minimum Gasteiger partial charge on any atom is -0.393 e. The van der Waals surface area contributed by atoms with Crippen LogP contribution in [0.25, 0.3) is 5.69 Å². The summed E-state index contributed by atoms with van der Waals surface area (Å²) < 4.78 is 1.68. The Hall–Kier alpha value is -1.85. The van der Waals surface area contributed by atoms with Crippen molar-refractivity contribution in [3.63, 3.8) is 0 Å². The molecule has 2 aromatic rings.